The molecule has 0 amide bonds. The summed E-state index contributed by atoms with van der Waals surface area (Å²) in [5.41, 5.74) is 3.79. The van der Waals surface area contributed by atoms with Crippen molar-refractivity contribution in [2.45, 2.75) is 25.9 Å². The lowest BCUT2D eigenvalue weighted by Gasteiger charge is -2.25. The molecular formula is C22H26N2O2. The number of nitrogens with one attached hydrogen (secondary N) is 1. The molecule has 4 heteroatoms. The molecule has 1 atom stereocenters. The van der Waals surface area contributed by atoms with Crippen LogP contribution in [0.4, 0.5) is 0 Å². The minimum absolute atomic E-state index is 0.272. The fraction of sp³-hybridized carbons (Fsp3) is 0.318. The Labute approximate surface area is 154 Å². The summed E-state index contributed by atoms with van der Waals surface area (Å²) in [7, 11) is 4.16. The highest BCUT2D eigenvalue weighted by Gasteiger charge is 2.14. The van der Waals surface area contributed by atoms with Gasteiger partial charge < -0.3 is 14.6 Å². The lowest BCUT2D eigenvalue weighted by molar-refractivity contribution is 0.288. The van der Waals surface area contributed by atoms with Crippen molar-refractivity contribution in [3.05, 3.63) is 81.7 Å². The molecule has 0 aliphatic heterocycles. The summed E-state index contributed by atoms with van der Waals surface area (Å²) in [5.74, 6) is 0. The summed E-state index contributed by atoms with van der Waals surface area (Å²) >= 11 is 0. The first kappa shape index (κ1) is 18.4. The van der Waals surface area contributed by atoms with E-state index in [1.54, 1.807) is 6.07 Å². The molecule has 3 rings (SSSR count). The minimum Gasteiger partial charge on any atom is -0.423 e. The zero-order chi connectivity index (χ0) is 18.5. The molecule has 0 spiro atoms. The van der Waals surface area contributed by atoms with Crippen molar-refractivity contribution in [2.75, 3.05) is 20.6 Å². The van der Waals surface area contributed by atoms with Crippen LogP contribution in [0.1, 0.15) is 29.7 Å². The normalized spacial score (nSPS) is 12.6. The van der Waals surface area contributed by atoms with E-state index in [1.165, 1.54) is 11.1 Å². The first-order valence-corrected chi connectivity index (χ1v) is 9.06. The van der Waals surface area contributed by atoms with Crippen molar-refractivity contribution in [1.29, 1.82) is 0 Å². The van der Waals surface area contributed by atoms with Crippen molar-refractivity contribution >= 4 is 11.0 Å². The lowest BCUT2D eigenvalue weighted by atomic mass is 10.0. The Bertz CT molecular complexity index is 916. The van der Waals surface area contributed by atoms with Crippen molar-refractivity contribution in [1.82, 2.24) is 10.2 Å². The first-order valence-electron chi connectivity index (χ1n) is 9.06. The summed E-state index contributed by atoms with van der Waals surface area (Å²) in [6.07, 6.45) is 0.920. The molecule has 1 N–H and O–H groups in total. The summed E-state index contributed by atoms with van der Waals surface area (Å²) in [4.78, 5) is 14.1. The molecule has 1 heterocycles. The number of hydrogen-bond donors (Lipinski definition) is 1. The Balaban J connectivity index is 1.78. The van der Waals surface area contributed by atoms with Gasteiger partial charge in [0.25, 0.3) is 0 Å². The Morgan fingerprint density at radius 1 is 1.08 bits per heavy atom. The lowest BCUT2D eigenvalue weighted by Crippen LogP contribution is -2.31. The summed E-state index contributed by atoms with van der Waals surface area (Å²) in [6.45, 7) is 3.52. The fourth-order valence-electron chi connectivity index (χ4n) is 3.26. The number of hydrogen-bond acceptors (Lipinski definition) is 4. The number of aryl methyl sites for hydroxylation is 1. The maximum absolute atomic E-state index is 11.9. The monoisotopic (exact) mass is 350 g/mol. The van der Waals surface area contributed by atoms with Crippen LogP contribution in [-0.2, 0) is 13.0 Å². The highest BCUT2D eigenvalue weighted by atomic mass is 16.4. The average Bonchev–Trinajstić information content (AvgIpc) is 2.64. The molecule has 0 saturated heterocycles. The summed E-state index contributed by atoms with van der Waals surface area (Å²) in [6, 6.07) is 18.4. The van der Waals surface area contributed by atoms with Gasteiger partial charge >= 0.3 is 5.63 Å². The van der Waals surface area contributed by atoms with Crippen LogP contribution in [0.25, 0.3) is 11.0 Å². The maximum Gasteiger partial charge on any atom is 0.336 e. The van der Waals surface area contributed by atoms with Gasteiger partial charge in [0.1, 0.15) is 5.58 Å². The van der Waals surface area contributed by atoms with Crippen molar-refractivity contribution in [3.8, 4) is 0 Å². The number of benzene rings is 2. The average molecular weight is 350 g/mol. The third kappa shape index (κ3) is 4.21. The standard InChI is InChI=1S/C22H26N2O2/c1-4-16-10-11-19-18(13-22(25)26-21(19)12-16)14-23-15-20(24(2)3)17-8-6-5-7-9-17/h5-13,20,23H,4,14-15H2,1-3H3/t20-/m0/s1. The van der Waals surface area contributed by atoms with Crippen LogP contribution in [0.2, 0.25) is 0 Å². The molecule has 0 bridgehead atoms. The van der Waals surface area contributed by atoms with E-state index in [1.807, 2.05) is 12.1 Å². The molecule has 0 fully saturated rings. The van der Waals surface area contributed by atoms with Crippen LogP contribution >= 0.6 is 0 Å². The number of fused-ring (bicyclic) bond motifs is 1. The Hall–Kier alpha value is -2.43. The van der Waals surface area contributed by atoms with Gasteiger partial charge in [-0.2, -0.15) is 0 Å². The molecule has 26 heavy (non-hydrogen) atoms. The third-order valence-electron chi connectivity index (χ3n) is 4.76. The van der Waals surface area contributed by atoms with E-state index in [4.69, 9.17) is 4.42 Å². The summed E-state index contributed by atoms with van der Waals surface area (Å²) < 4.78 is 5.39. The maximum atomic E-state index is 11.9. The molecule has 136 valence electrons. The van der Waals surface area contributed by atoms with E-state index in [9.17, 15) is 4.79 Å². The Morgan fingerprint density at radius 2 is 1.85 bits per heavy atom. The van der Waals surface area contributed by atoms with E-state index in [0.717, 1.165) is 23.9 Å². The van der Waals surface area contributed by atoms with Crippen molar-refractivity contribution in [3.63, 3.8) is 0 Å². The molecule has 0 aliphatic rings. The van der Waals surface area contributed by atoms with Crippen molar-refractivity contribution in [2.24, 2.45) is 0 Å². The van der Waals surface area contributed by atoms with Gasteiger partial charge in [-0.15, -0.1) is 0 Å². The first-order chi connectivity index (χ1) is 12.6. The topological polar surface area (TPSA) is 45.5 Å². The quantitative estimate of drug-likeness (QED) is 0.659. The van der Waals surface area contributed by atoms with Crippen LogP contribution < -0.4 is 10.9 Å². The van der Waals surface area contributed by atoms with E-state index in [-0.39, 0.29) is 11.7 Å². The van der Waals surface area contributed by atoms with Gasteiger partial charge in [-0.05, 0) is 43.3 Å². The van der Waals surface area contributed by atoms with Gasteiger partial charge in [0, 0.05) is 30.6 Å². The predicted molar refractivity (Wildman–Crippen MR) is 106 cm³/mol. The van der Waals surface area contributed by atoms with Crippen LogP contribution in [0.3, 0.4) is 0 Å². The van der Waals surface area contributed by atoms with Crippen LogP contribution in [0.15, 0.2) is 63.8 Å². The molecule has 1 aromatic heterocycles. The largest absolute Gasteiger partial charge is 0.423 e. The second kappa shape index (κ2) is 8.30. The van der Waals surface area contributed by atoms with Crippen molar-refractivity contribution < 1.29 is 4.42 Å². The number of nitrogens with zero attached hydrogens (tertiary/aromatic N) is 1. The molecule has 4 nitrogen and oxygen atoms in total. The van der Waals surface area contributed by atoms with E-state index >= 15 is 0 Å². The zero-order valence-corrected chi connectivity index (χ0v) is 15.7. The molecule has 0 aliphatic carbocycles. The molecule has 3 aromatic rings. The fourth-order valence-corrected chi connectivity index (χ4v) is 3.26. The van der Waals surface area contributed by atoms with E-state index in [0.29, 0.717) is 12.1 Å². The molecule has 0 unspecified atom stereocenters. The van der Waals surface area contributed by atoms with Gasteiger partial charge in [-0.3, -0.25) is 0 Å². The van der Waals surface area contributed by atoms with Crippen LogP contribution in [0.5, 0.6) is 0 Å². The summed E-state index contributed by atoms with van der Waals surface area (Å²) in [5, 5.41) is 4.50. The van der Waals surface area contributed by atoms with E-state index in [2.05, 4.69) is 67.6 Å². The van der Waals surface area contributed by atoms with Gasteiger partial charge in [0.05, 0.1) is 0 Å². The smallest absolute Gasteiger partial charge is 0.336 e. The highest BCUT2D eigenvalue weighted by molar-refractivity contribution is 5.80. The number of rotatable bonds is 7. The van der Waals surface area contributed by atoms with Crippen LogP contribution in [0, 0.1) is 0 Å². The van der Waals surface area contributed by atoms with Gasteiger partial charge in [-0.1, -0.05) is 49.4 Å². The molecule has 2 aromatic carbocycles. The van der Waals surface area contributed by atoms with E-state index < -0.39 is 0 Å². The highest BCUT2D eigenvalue weighted by Crippen LogP contribution is 2.20. The molecule has 0 radical (unpaired) electrons. The van der Waals surface area contributed by atoms with Gasteiger partial charge in [0.2, 0.25) is 0 Å². The predicted octanol–water partition coefficient (Wildman–Crippen LogP) is 3.75. The molecular weight excluding hydrogens is 324 g/mol. The third-order valence-corrected chi connectivity index (χ3v) is 4.76. The van der Waals surface area contributed by atoms with Gasteiger partial charge in [0.15, 0.2) is 0 Å². The Kier molecular flexibility index (Phi) is 5.86. The minimum atomic E-state index is -0.297. The van der Waals surface area contributed by atoms with Crippen LogP contribution in [-0.4, -0.2) is 25.5 Å². The second-order valence-corrected chi connectivity index (χ2v) is 6.80. The Morgan fingerprint density at radius 3 is 2.54 bits per heavy atom. The second-order valence-electron chi connectivity index (χ2n) is 6.80. The SMILES string of the molecule is CCc1ccc2c(CNC[C@@H](c3ccccc3)N(C)C)cc(=O)oc2c1. The molecule has 0 saturated carbocycles. The number of likely N-dealkylation sites (N-methyl/N-ethyl adjacent to an activating group) is 1. The zero-order valence-electron chi connectivity index (χ0n) is 15.7. The van der Waals surface area contributed by atoms with Gasteiger partial charge in [-0.25, -0.2) is 4.79 Å².